The van der Waals surface area contributed by atoms with Crippen molar-refractivity contribution >= 4 is 71.4 Å². The highest BCUT2D eigenvalue weighted by Gasteiger charge is 2.35. The van der Waals surface area contributed by atoms with Crippen LogP contribution in [0.15, 0.2) is 218 Å². The van der Waals surface area contributed by atoms with E-state index in [2.05, 4.69) is 115 Å². The molecule has 0 bridgehead atoms. The predicted octanol–water partition coefficient (Wildman–Crippen LogP) is 14.1. The minimum atomic E-state index is 0.0742. The minimum Gasteiger partial charge on any atom is -0.289 e. The van der Waals surface area contributed by atoms with Gasteiger partial charge >= 0.3 is 0 Å². The lowest BCUT2D eigenvalue weighted by atomic mass is 9.89. The number of carbonyl (C=O) groups excluding carboxylic acids is 1. The third-order valence-electron chi connectivity index (χ3n) is 11.3. The minimum absolute atomic E-state index is 0.0742. The summed E-state index contributed by atoms with van der Waals surface area (Å²) in [4.78, 5) is 19.2. The first kappa shape index (κ1) is 36.2. The van der Waals surface area contributed by atoms with E-state index in [0.717, 1.165) is 77.5 Å². The van der Waals surface area contributed by atoms with Gasteiger partial charge in [-0.1, -0.05) is 212 Å². The largest absolute Gasteiger partial charge is 0.289 e. The van der Waals surface area contributed by atoms with Crippen molar-refractivity contribution in [3.63, 3.8) is 0 Å². The molecule has 1 aliphatic rings. The number of Topliss-reactive ketones (excluding diaryl/α,β-unsaturated/α-hetero) is 1. The lowest BCUT2D eigenvalue weighted by Gasteiger charge is -2.15. The molecule has 10 aromatic rings. The van der Waals surface area contributed by atoms with Crippen LogP contribution in [0.25, 0.3) is 76.8 Å². The van der Waals surface area contributed by atoms with Crippen LogP contribution in [0.5, 0.6) is 0 Å². The van der Waals surface area contributed by atoms with Crippen LogP contribution in [0.2, 0.25) is 0 Å². The first-order valence-electron chi connectivity index (χ1n) is 20.1. The van der Waals surface area contributed by atoms with E-state index >= 15 is 0 Å². The number of terminal acetylenes is 1. The van der Waals surface area contributed by atoms with Gasteiger partial charge in [0, 0.05) is 55.0 Å². The average Bonchev–Trinajstić information content (AvgIpc) is 3.64. The highest BCUT2D eigenvalue weighted by Crippen LogP contribution is 2.49. The van der Waals surface area contributed by atoms with E-state index in [1.165, 1.54) is 27.1 Å². The standard InChI is InChI=1S/C29H17N.C29H20O/c1-2-19-8-7-11-22(18-19)27-25-16-14-20-9-3-5-12-23(20)28(25)30-29-24-13-6-4-10-21(24)15-17-26(27)29;30-29-27(23-17-9-3-10-18-23)25(21-13-5-1-6-14-21)26(22-15-7-2-8-16-22)28(29)24-19-11-4-12-20-24/h1,3-18H;1-20H. The molecular weight excluding hydrogens is 727 g/mol. The number of hydrogen-bond donors (Lipinski definition) is 0. The van der Waals surface area contributed by atoms with E-state index in [1.807, 2.05) is 109 Å². The Morgan fingerprint density at radius 2 is 0.733 bits per heavy atom. The summed E-state index contributed by atoms with van der Waals surface area (Å²) in [5.41, 5.74) is 12.7. The Morgan fingerprint density at radius 1 is 0.350 bits per heavy atom. The molecule has 0 atom stereocenters. The molecule has 1 aromatic heterocycles. The van der Waals surface area contributed by atoms with Crippen LogP contribution in [0.3, 0.4) is 0 Å². The fraction of sp³-hybridized carbons (Fsp3) is 0. The van der Waals surface area contributed by atoms with Gasteiger partial charge in [-0.05, 0) is 50.7 Å². The number of aromatic nitrogens is 1. The summed E-state index contributed by atoms with van der Waals surface area (Å²) < 4.78 is 0. The Bertz CT molecular complexity index is 3160. The van der Waals surface area contributed by atoms with Crippen LogP contribution in [0, 0.1) is 12.3 Å². The maximum absolute atomic E-state index is 14.0. The second-order valence-corrected chi connectivity index (χ2v) is 14.9. The quantitative estimate of drug-likeness (QED) is 0.0993. The lowest BCUT2D eigenvalue weighted by molar-refractivity contribution is -0.108. The van der Waals surface area contributed by atoms with Gasteiger partial charge in [0.05, 0.1) is 11.0 Å². The van der Waals surface area contributed by atoms with Crippen molar-refractivity contribution in [3.05, 3.63) is 246 Å². The molecule has 2 nitrogen and oxygen atoms in total. The Balaban J connectivity index is 0.000000144. The molecule has 0 spiro atoms. The van der Waals surface area contributed by atoms with Crippen molar-refractivity contribution in [3.8, 4) is 23.5 Å². The molecule has 60 heavy (non-hydrogen) atoms. The molecule has 0 saturated carbocycles. The Kier molecular flexibility index (Phi) is 9.46. The molecule has 1 aliphatic carbocycles. The van der Waals surface area contributed by atoms with Crippen LogP contribution in [0.1, 0.15) is 27.8 Å². The maximum atomic E-state index is 14.0. The van der Waals surface area contributed by atoms with Gasteiger partial charge in [-0.25, -0.2) is 4.98 Å². The van der Waals surface area contributed by atoms with Gasteiger partial charge in [0.1, 0.15) is 0 Å². The SMILES string of the molecule is C#Cc1cccc(-c2c3ccc4ccccc4c3nc3c2ccc2ccccc23)c1.O=C1C(c2ccccc2)=C(c2ccccc2)C(c2ccccc2)=C1c1ccccc1. The van der Waals surface area contributed by atoms with Crippen molar-refractivity contribution < 1.29 is 4.79 Å². The number of hydrogen-bond acceptors (Lipinski definition) is 2. The Hall–Kier alpha value is -8.12. The Labute approximate surface area is 349 Å². The molecule has 0 unspecified atom stereocenters. The number of rotatable bonds is 5. The zero-order chi connectivity index (χ0) is 40.4. The number of nitrogens with zero attached hydrogens (tertiary/aromatic N) is 1. The summed E-state index contributed by atoms with van der Waals surface area (Å²) in [5.74, 6) is 2.85. The van der Waals surface area contributed by atoms with Crippen molar-refractivity contribution in [2.24, 2.45) is 0 Å². The first-order chi connectivity index (χ1) is 29.7. The molecule has 11 rings (SSSR count). The van der Waals surface area contributed by atoms with Crippen molar-refractivity contribution in [2.45, 2.75) is 0 Å². The Morgan fingerprint density at radius 3 is 1.17 bits per heavy atom. The molecule has 0 aliphatic heterocycles. The lowest BCUT2D eigenvalue weighted by Crippen LogP contribution is -2.01. The maximum Gasteiger partial charge on any atom is 0.195 e. The summed E-state index contributed by atoms with van der Waals surface area (Å²) >= 11 is 0. The molecule has 0 amide bonds. The highest BCUT2D eigenvalue weighted by molar-refractivity contribution is 6.59. The van der Waals surface area contributed by atoms with Crippen molar-refractivity contribution in [1.29, 1.82) is 0 Å². The van der Waals surface area contributed by atoms with Crippen LogP contribution >= 0.6 is 0 Å². The van der Waals surface area contributed by atoms with Gasteiger partial charge in [0.25, 0.3) is 0 Å². The van der Waals surface area contributed by atoms with Crippen LogP contribution in [-0.2, 0) is 4.79 Å². The summed E-state index contributed by atoms with van der Waals surface area (Å²) in [6.07, 6.45) is 5.71. The molecule has 280 valence electrons. The highest BCUT2D eigenvalue weighted by atomic mass is 16.1. The summed E-state index contributed by atoms with van der Waals surface area (Å²) in [5, 5.41) is 7.01. The van der Waals surface area contributed by atoms with Gasteiger partial charge < -0.3 is 0 Å². The van der Waals surface area contributed by atoms with Crippen LogP contribution < -0.4 is 0 Å². The third kappa shape index (κ3) is 6.45. The fourth-order valence-corrected chi connectivity index (χ4v) is 8.64. The van der Waals surface area contributed by atoms with Crippen molar-refractivity contribution in [2.75, 3.05) is 0 Å². The summed E-state index contributed by atoms with van der Waals surface area (Å²) in [7, 11) is 0. The zero-order valence-corrected chi connectivity index (χ0v) is 32.7. The van der Waals surface area contributed by atoms with E-state index in [9.17, 15) is 4.79 Å². The molecule has 2 heteroatoms. The van der Waals surface area contributed by atoms with E-state index < -0.39 is 0 Å². The van der Waals surface area contributed by atoms with Crippen LogP contribution in [-0.4, -0.2) is 10.8 Å². The van der Waals surface area contributed by atoms with Crippen LogP contribution in [0.4, 0.5) is 0 Å². The molecule has 0 saturated heterocycles. The topological polar surface area (TPSA) is 30.0 Å². The van der Waals surface area contributed by atoms with E-state index in [0.29, 0.717) is 0 Å². The number of carbonyl (C=O) groups is 1. The molecule has 1 heterocycles. The molecule has 0 N–H and O–H groups in total. The van der Waals surface area contributed by atoms with Gasteiger partial charge in [0.2, 0.25) is 0 Å². The number of ketones is 1. The van der Waals surface area contributed by atoms with Crippen molar-refractivity contribution in [1.82, 2.24) is 4.98 Å². The molecule has 9 aromatic carbocycles. The van der Waals surface area contributed by atoms with Gasteiger partial charge in [-0.3, -0.25) is 4.79 Å². The number of pyridine rings is 1. The smallest absolute Gasteiger partial charge is 0.195 e. The van der Waals surface area contributed by atoms with E-state index in [-0.39, 0.29) is 5.78 Å². The van der Waals surface area contributed by atoms with Gasteiger partial charge in [-0.2, -0.15) is 0 Å². The number of benzene rings is 9. The molecular formula is C58H37NO. The average molecular weight is 764 g/mol. The normalized spacial score (nSPS) is 12.6. The van der Waals surface area contributed by atoms with Gasteiger partial charge in [0.15, 0.2) is 5.78 Å². The molecule has 0 radical (unpaired) electrons. The predicted molar refractivity (Wildman–Crippen MR) is 252 cm³/mol. The monoisotopic (exact) mass is 763 g/mol. The third-order valence-corrected chi connectivity index (χ3v) is 11.3. The summed E-state index contributed by atoms with van der Waals surface area (Å²) in [6, 6.07) is 74.3. The van der Waals surface area contributed by atoms with Gasteiger partial charge in [-0.15, -0.1) is 6.42 Å². The second kappa shape index (κ2) is 15.7. The summed E-state index contributed by atoms with van der Waals surface area (Å²) in [6.45, 7) is 0. The second-order valence-electron chi connectivity index (χ2n) is 14.9. The fourth-order valence-electron chi connectivity index (χ4n) is 8.64. The van der Waals surface area contributed by atoms with E-state index in [1.54, 1.807) is 0 Å². The van der Waals surface area contributed by atoms with E-state index in [4.69, 9.17) is 11.4 Å². The number of fused-ring (bicyclic) bond motifs is 6. The zero-order valence-electron chi connectivity index (χ0n) is 32.7. The molecule has 0 fully saturated rings. The first-order valence-corrected chi connectivity index (χ1v) is 20.1. The number of allylic oxidation sites excluding steroid dienone is 4.